The SMILES string of the molecule is CNC(=O)c1cccc([C@H]2CN(C3CCN(C)CC3)CCN2C)c1. The molecule has 2 heterocycles. The summed E-state index contributed by atoms with van der Waals surface area (Å²) in [5, 5.41) is 2.72. The van der Waals surface area contributed by atoms with E-state index in [0.717, 1.165) is 25.2 Å². The van der Waals surface area contributed by atoms with Crippen molar-refractivity contribution in [3.63, 3.8) is 0 Å². The van der Waals surface area contributed by atoms with Crippen LogP contribution in [0, 0.1) is 0 Å². The first-order valence-electron chi connectivity index (χ1n) is 9.03. The maximum absolute atomic E-state index is 11.9. The van der Waals surface area contributed by atoms with Gasteiger partial charge in [0.1, 0.15) is 0 Å². The lowest BCUT2D eigenvalue weighted by Crippen LogP contribution is -2.53. The summed E-state index contributed by atoms with van der Waals surface area (Å²) in [6, 6.07) is 9.18. The van der Waals surface area contributed by atoms with Gasteiger partial charge in [0.05, 0.1) is 0 Å². The van der Waals surface area contributed by atoms with Gasteiger partial charge in [0.25, 0.3) is 5.91 Å². The molecule has 0 spiro atoms. The minimum absolute atomic E-state index is 0.0116. The predicted molar refractivity (Wildman–Crippen MR) is 97.3 cm³/mol. The molecule has 24 heavy (non-hydrogen) atoms. The molecular weight excluding hydrogens is 300 g/mol. The van der Waals surface area contributed by atoms with Gasteiger partial charge in [-0.25, -0.2) is 0 Å². The Labute approximate surface area is 145 Å². The average Bonchev–Trinajstić information content (AvgIpc) is 2.62. The van der Waals surface area contributed by atoms with E-state index in [0.29, 0.717) is 12.1 Å². The highest BCUT2D eigenvalue weighted by atomic mass is 16.1. The molecule has 0 radical (unpaired) electrons. The van der Waals surface area contributed by atoms with Crippen LogP contribution >= 0.6 is 0 Å². The Morgan fingerprint density at radius 2 is 1.88 bits per heavy atom. The monoisotopic (exact) mass is 330 g/mol. The van der Waals surface area contributed by atoms with Gasteiger partial charge in [0.15, 0.2) is 0 Å². The number of carbonyl (C=O) groups excluding carboxylic acids is 1. The van der Waals surface area contributed by atoms with Gasteiger partial charge >= 0.3 is 0 Å². The summed E-state index contributed by atoms with van der Waals surface area (Å²) in [7, 11) is 6.10. The second kappa shape index (κ2) is 7.64. The second-order valence-electron chi connectivity index (χ2n) is 7.23. The van der Waals surface area contributed by atoms with Crippen molar-refractivity contribution in [2.45, 2.75) is 24.9 Å². The smallest absolute Gasteiger partial charge is 0.251 e. The van der Waals surface area contributed by atoms with Crippen molar-refractivity contribution >= 4 is 5.91 Å². The molecule has 3 rings (SSSR count). The number of nitrogens with one attached hydrogen (secondary N) is 1. The minimum Gasteiger partial charge on any atom is -0.355 e. The van der Waals surface area contributed by atoms with E-state index in [1.807, 2.05) is 12.1 Å². The highest BCUT2D eigenvalue weighted by Gasteiger charge is 2.31. The van der Waals surface area contributed by atoms with Crippen LogP contribution in [0.5, 0.6) is 0 Å². The van der Waals surface area contributed by atoms with Crippen molar-refractivity contribution in [1.29, 1.82) is 0 Å². The molecule has 1 aromatic carbocycles. The van der Waals surface area contributed by atoms with Crippen LogP contribution in [0.25, 0.3) is 0 Å². The van der Waals surface area contributed by atoms with Crippen LogP contribution in [0.1, 0.15) is 34.8 Å². The molecule has 1 amide bonds. The summed E-state index contributed by atoms with van der Waals surface area (Å²) in [5.74, 6) is -0.0116. The van der Waals surface area contributed by atoms with Crippen molar-refractivity contribution in [1.82, 2.24) is 20.0 Å². The number of hydrogen-bond donors (Lipinski definition) is 1. The summed E-state index contributed by atoms with van der Waals surface area (Å²) < 4.78 is 0. The van der Waals surface area contributed by atoms with Crippen molar-refractivity contribution in [2.24, 2.45) is 0 Å². The first-order valence-corrected chi connectivity index (χ1v) is 9.03. The molecule has 5 nitrogen and oxygen atoms in total. The van der Waals surface area contributed by atoms with Crippen LogP contribution in [0.2, 0.25) is 0 Å². The van der Waals surface area contributed by atoms with E-state index in [2.05, 4.69) is 46.2 Å². The zero-order valence-electron chi connectivity index (χ0n) is 15.2. The van der Waals surface area contributed by atoms with Gasteiger partial charge in [-0.05, 0) is 57.7 Å². The average molecular weight is 330 g/mol. The maximum atomic E-state index is 11.9. The zero-order chi connectivity index (χ0) is 17.1. The number of benzene rings is 1. The van der Waals surface area contributed by atoms with Crippen molar-refractivity contribution in [3.05, 3.63) is 35.4 Å². The number of nitrogens with zero attached hydrogens (tertiary/aromatic N) is 3. The molecule has 2 aliphatic rings. The Morgan fingerprint density at radius 3 is 2.58 bits per heavy atom. The van der Waals surface area contributed by atoms with Crippen LogP contribution in [0.4, 0.5) is 0 Å². The van der Waals surface area contributed by atoms with E-state index < -0.39 is 0 Å². The molecule has 1 atom stereocenters. The molecule has 1 N–H and O–H groups in total. The molecule has 0 saturated carbocycles. The van der Waals surface area contributed by atoms with E-state index in [9.17, 15) is 4.79 Å². The molecule has 0 aliphatic carbocycles. The van der Waals surface area contributed by atoms with Crippen LogP contribution in [0.3, 0.4) is 0 Å². The Morgan fingerprint density at radius 1 is 1.12 bits per heavy atom. The Kier molecular flexibility index (Phi) is 5.54. The quantitative estimate of drug-likeness (QED) is 0.910. The molecule has 0 unspecified atom stereocenters. The van der Waals surface area contributed by atoms with Crippen molar-refractivity contribution in [3.8, 4) is 0 Å². The van der Waals surface area contributed by atoms with Gasteiger partial charge in [0, 0.05) is 44.3 Å². The third-order valence-corrected chi connectivity index (χ3v) is 5.64. The van der Waals surface area contributed by atoms with Crippen molar-refractivity contribution < 1.29 is 4.79 Å². The second-order valence-corrected chi connectivity index (χ2v) is 7.23. The first-order chi connectivity index (χ1) is 11.6. The Hall–Kier alpha value is -1.43. The van der Waals surface area contributed by atoms with E-state index in [4.69, 9.17) is 0 Å². The Balaban J connectivity index is 1.73. The molecule has 2 saturated heterocycles. The van der Waals surface area contributed by atoms with E-state index in [1.54, 1.807) is 7.05 Å². The summed E-state index contributed by atoms with van der Waals surface area (Å²) in [4.78, 5) is 19.5. The highest BCUT2D eigenvalue weighted by Crippen LogP contribution is 2.28. The maximum Gasteiger partial charge on any atom is 0.251 e. The molecule has 0 aromatic heterocycles. The van der Waals surface area contributed by atoms with Gasteiger partial charge in [-0.15, -0.1) is 0 Å². The van der Waals surface area contributed by atoms with Crippen LogP contribution in [0.15, 0.2) is 24.3 Å². The molecule has 5 heteroatoms. The fourth-order valence-corrected chi connectivity index (χ4v) is 3.98. The predicted octanol–water partition coefficient (Wildman–Crippen LogP) is 1.43. The van der Waals surface area contributed by atoms with Gasteiger partial charge < -0.3 is 10.2 Å². The number of likely N-dealkylation sites (tertiary alicyclic amines) is 1. The highest BCUT2D eigenvalue weighted by molar-refractivity contribution is 5.94. The van der Waals surface area contributed by atoms with Crippen LogP contribution in [-0.4, -0.2) is 80.5 Å². The van der Waals surface area contributed by atoms with Gasteiger partial charge in [-0.2, -0.15) is 0 Å². The summed E-state index contributed by atoms with van der Waals surface area (Å²) in [5.41, 5.74) is 2.00. The van der Waals surface area contributed by atoms with Gasteiger partial charge in [0.2, 0.25) is 0 Å². The summed E-state index contributed by atoms with van der Waals surface area (Å²) in [6.45, 7) is 5.70. The fourth-order valence-electron chi connectivity index (χ4n) is 3.98. The van der Waals surface area contributed by atoms with Gasteiger partial charge in [-0.3, -0.25) is 14.6 Å². The largest absolute Gasteiger partial charge is 0.355 e. The standard InChI is InChI=1S/C19H30N4O/c1-20-19(24)16-6-4-5-15(13-16)18-14-23(12-11-22(18)3)17-7-9-21(2)10-8-17/h4-6,13,17-18H,7-12,14H2,1-3H3,(H,20,24)/t18-/m1/s1. The number of likely N-dealkylation sites (N-methyl/N-ethyl adjacent to an activating group) is 1. The van der Waals surface area contributed by atoms with Crippen LogP contribution in [-0.2, 0) is 0 Å². The van der Waals surface area contributed by atoms with E-state index in [1.165, 1.54) is 31.5 Å². The van der Waals surface area contributed by atoms with Crippen molar-refractivity contribution in [2.75, 3.05) is 53.9 Å². The van der Waals surface area contributed by atoms with Gasteiger partial charge in [-0.1, -0.05) is 12.1 Å². The normalized spacial score (nSPS) is 24.9. The number of hydrogen-bond acceptors (Lipinski definition) is 4. The van der Waals surface area contributed by atoms with E-state index >= 15 is 0 Å². The lowest BCUT2D eigenvalue weighted by molar-refractivity contribution is 0.0399. The van der Waals surface area contributed by atoms with Crippen LogP contribution < -0.4 is 5.32 Å². The number of piperazine rings is 1. The fraction of sp³-hybridized carbons (Fsp3) is 0.632. The lowest BCUT2D eigenvalue weighted by atomic mass is 9.97. The molecule has 0 bridgehead atoms. The third kappa shape index (κ3) is 3.79. The van der Waals surface area contributed by atoms with E-state index in [-0.39, 0.29) is 5.91 Å². The lowest BCUT2D eigenvalue weighted by Gasteiger charge is -2.45. The molecule has 2 aliphatic heterocycles. The number of piperidine rings is 1. The Bertz CT molecular complexity index is 568. The zero-order valence-corrected chi connectivity index (χ0v) is 15.2. The number of amides is 1. The molecule has 2 fully saturated rings. The topological polar surface area (TPSA) is 38.8 Å². The molecule has 1 aromatic rings. The first kappa shape index (κ1) is 17.4. The third-order valence-electron chi connectivity index (χ3n) is 5.64. The summed E-state index contributed by atoms with van der Waals surface area (Å²) >= 11 is 0. The summed E-state index contributed by atoms with van der Waals surface area (Å²) in [6.07, 6.45) is 2.54. The molecule has 132 valence electrons. The number of rotatable bonds is 3. The number of carbonyl (C=O) groups is 1. The minimum atomic E-state index is -0.0116. The molecular formula is C19H30N4O.